The number of carbonyl (C=O) groups excluding carboxylic acids is 1. The second kappa shape index (κ2) is 8.24. The number of benzene rings is 1. The van der Waals surface area contributed by atoms with Gasteiger partial charge >= 0.3 is 5.97 Å². The monoisotopic (exact) mass is 337 g/mol. The third-order valence-electron chi connectivity index (χ3n) is 4.31. The summed E-state index contributed by atoms with van der Waals surface area (Å²) in [5, 5.41) is 12.1. The Hall–Kier alpha value is -1.69. The number of aliphatic carboxylic acids is 1. The van der Waals surface area contributed by atoms with E-state index in [1.807, 2.05) is 30.3 Å². The summed E-state index contributed by atoms with van der Waals surface area (Å²) in [4.78, 5) is 23.7. The van der Waals surface area contributed by atoms with Crippen LogP contribution in [0, 0.1) is 11.8 Å². The zero-order valence-electron chi connectivity index (χ0n) is 13.2. The van der Waals surface area contributed by atoms with Crippen molar-refractivity contribution in [3.05, 3.63) is 35.9 Å². The maximum atomic E-state index is 12.5. The van der Waals surface area contributed by atoms with Crippen LogP contribution < -0.4 is 5.32 Å². The van der Waals surface area contributed by atoms with Gasteiger partial charge in [-0.15, -0.1) is 0 Å². The smallest absolute Gasteiger partial charge is 0.306 e. The van der Waals surface area contributed by atoms with Gasteiger partial charge in [0.25, 0.3) is 0 Å². The third kappa shape index (κ3) is 5.16. The largest absolute Gasteiger partial charge is 0.481 e. The van der Waals surface area contributed by atoms with Gasteiger partial charge in [-0.3, -0.25) is 13.8 Å². The molecule has 1 aromatic rings. The predicted octanol–water partition coefficient (Wildman–Crippen LogP) is 2.11. The van der Waals surface area contributed by atoms with E-state index in [0.29, 0.717) is 25.0 Å². The fourth-order valence-corrected chi connectivity index (χ4v) is 3.83. The lowest BCUT2D eigenvalue weighted by Crippen LogP contribution is -2.39. The van der Waals surface area contributed by atoms with Gasteiger partial charge in [0.1, 0.15) is 0 Å². The molecule has 1 saturated carbocycles. The summed E-state index contributed by atoms with van der Waals surface area (Å²) >= 11 is 0. The number of hydrogen-bond donors (Lipinski definition) is 2. The summed E-state index contributed by atoms with van der Waals surface area (Å²) in [7, 11) is -1.04. The first-order chi connectivity index (χ1) is 11.0. The molecular formula is C17H23NO4S. The summed E-state index contributed by atoms with van der Waals surface area (Å²) in [6.07, 6.45) is 4.11. The Balaban J connectivity index is 2.05. The van der Waals surface area contributed by atoms with E-state index < -0.39 is 22.7 Å². The molecule has 0 aliphatic heterocycles. The van der Waals surface area contributed by atoms with Gasteiger partial charge in [-0.25, -0.2) is 0 Å². The molecule has 1 aliphatic carbocycles. The molecule has 2 rings (SSSR count). The van der Waals surface area contributed by atoms with Crippen molar-refractivity contribution in [3.63, 3.8) is 0 Å². The topological polar surface area (TPSA) is 83.5 Å². The van der Waals surface area contributed by atoms with E-state index >= 15 is 0 Å². The quantitative estimate of drug-likeness (QED) is 0.833. The molecule has 0 bridgehead atoms. The van der Waals surface area contributed by atoms with Crippen molar-refractivity contribution in [3.8, 4) is 0 Å². The van der Waals surface area contributed by atoms with Gasteiger partial charge in [0.15, 0.2) is 0 Å². The minimum atomic E-state index is -1.04. The normalized spacial score (nSPS) is 23.7. The van der Waals surface area contributed by atoms with E-state index in [4.69, 9.17) is 5.11 Å². The molecule has 4 unspecified atom stereocenters. The molecule has 1 fully saturated rings. The molecular weight excluding hydrogens is 314 g/mol. The van der Waals surface area contributed by atoms with E-state index in [1.54, 1.807) is 6.26 Å². The molecule has 0 saturated heterocycles. The van der Waals surface area contributed by atoms with Gasteiger partial charge in [0.2, 0.25) is 5.91 Å². The number of carboxylic acids is 1. The maximum absolute atomic E-state index is 12.5. The SMILES string of the molecule is CS(=O)CC(NC(=O)C1CCCC(C(=O)O)C1)c1ccccc1. The average molecular weight is 337 g/mol. The Morgan fingerprint density at radius 3 is 2.52 bits per heavy atom. The van der Waals surface area contributed by atoms with E-state index in [-0.39, 0.29) is 17.9 Å². The van der Waals surface area contributed by atoms with Crippen LogP contribution in [0.1, 0.15) is 37.3 Å². The molecule has 1 amide bonds. The molecule has 23 heavy (non-hydrogen) atoms. The molecule has 6 heteroatoms. The van der Waals surface area contributed by atoms with Crippen molar-refractivity contribution in [1.29, 1.82) is 0 Å². The standard InChI is InChI=1S/C17H23NO4S/c1-23(22)11-15(12-6-3-2-4-7-12)18-16(19)13-8-5-9-14(10-13)17(20)21/h2-4,6-7,13-15H,5,8-11H2,1H3,(H,18,19)(H,20,21). The van der Waals surface area contributed by atoms with Crippen LogP contribution in [0.4, 0.5) is 0 Å². The summed E-state index contributed by atoms with van der Waals surface area (Å²) in [6.45, 7) is 0. The van der Waals surface area contributed by atoms with E-state index in [1.165, 1.54) is 0 Å². The van der Waals surface area contributed by atoms with Gasteiger partial charge < -0.3 is 10.4 Å². The van der Waals surface area contributed by atoms with Gasteiger partial charge in [-0.1, -0.05) is 36.8 Å². The molecule has 0 radical (unpaired) electrons. The number of rotatable bonds is 6. The molecule has 126 valence electrons. The first-order valence-corrected chi connectivity index (χ1v) is 9.58. The number of amides is 1. The molecule has 0 heterocycles. The highest BCUT2D eigenvalue weighted by Gasteiger charge is 2.32. The Bertz CT molecular complexity index is 575. The molecule has 0 spiro atoms. The van der Waals surface area contributed by atoms with Crippen molar-refractivity contribution >= 4 is 22.7 Å². The maximum Gasteiger partial charge on any atom is 0.306 e. The number of nitrogens with one attached hydrogen (secondary N) is 1. The van der Waals surface area contributed by atoms with Crippen LogP contribution >= 0.6 is 0 Å². The Morgan fingerprint density at radius 2 is 1.91 bits per heavy atom. The average Bonchev–Trinajstić information content (AvgIpc) is 2.54. The highest BCUT2D eigenvalue weighted by atomic mass is 32.2. The first-order valence-electron chi connectivity index (χ1n) is 7.85. The first kappa shape index (κ1) is 17.7. The summed E-state index contributed by atoms with van der Waals surface area (Å²) < 4.78 is 11.6. The van der Waals surface area contributed by atoms with Crippen LogP contribution in [0.5, 0.6) is 0 Å². The minimum Gasteiger partial charge on any atom is -0.481 e. The fraction of sp³-hybridized carbons (Fsp3) is 0.529. The van der Waals surface area contributed by atoms with Crippen molar-refractivity contribution in [2.75, 3.05) is 12.0 Å². The zero-order valence-corrected chi connectivity index (χ0v) is 14.1. The van der Waals surface area contributed by atoms with E-state index in [2.05, 4.69) is 5.32 Å². The Kier molecular flexibility index (Phi) is 6.33. The summed E-state index contributed by atoms with van der Waals surface area (Å²) in [6, 6.07) is 9.16. The molecule has 2 N–H and O–H groups in total. The highest BCUT2D eigenvalue weighted by molar-refractivity contribution is 7.84. The molecule has 0 aromatic heterocycles. The van der Waals surface area contributed by atoms with Gasteiger partial charge in [0, 0.05) is 28.7 Å². The Labute approximate surface area is 138 Å². The van der Waals surface area contributed by atoms with Crippen molar-refractivity contribution < 1.29 is 18.9 Å². The van der Waals surface area contributed by atoms with Crippen molar-refractivity contribution in [2.45, 2.75) is 31.7 Å². The van der Waals surface area contributed by atoms with Gasteiger partial charge in [-0.05, 0) is 24.8 Å². The summed E-state index contributed by atoms with van der Waals surface area (Å²) in [5.74, 6) is -1.31. The highest BCUT2D eigenvalue weighted by Crippen LogP contribution is 2.30. The lowest BCUT2D eigenvalue weighted by molar-refractivity contribution is -0.144. The number of hydrogen-bond acceptors (Lipinski definition) is 3. The number of carbonyl (C=O) groups is 2. The van der Waals surface area contributed by atoms with Crippen LogP contribution in [-0.2, 0) is 20.4 Å². The third-order valence-corrected chi connectivity index (χ3v) is 5.12. The summed E-state index contributed by atoms with van der Waals surface area (Å²) in [5.41, 5.74) is 0.918. The van der Waals surface area contributed by atoms with Crippen LogP contribution in [0.25, 0.3) is 0 Å². The van der Waals surface area contributed by atoms with Crippen LogP contribution in [0.2, 0.25) is 0 Å². The molecule has 4 atom stereocenters. The predicted molar refractivity (Wildman–Crippen MR) is 89.3 cm³/mol. The van der Waals surface area contributed by atoms with Crippen LogP contribution in [-0.4, -0.2) is 33.2 Å². The zero-order chi connectivity index (χ0) is 16.8. The second-order valence-electron chi connectivity index (χ2n) is 6.11. The van der Waals surface area contributed by atoms with Crippen molar-refractivity contribution in [2.24, 2.45) is 11.8 Å². The fourth-order valence-electron chi connectivity index (χ4n) is 3.08. The lowest BCUT2D eigenvalue weighted by atomic mass is 9.81. The minimum absolute atomic E-state index is 0.129. The van der Waals surface area contributed by atoms with E-state index in [9.17, 15) is 13.8 Å². The Morgan fingerprint density at radius 1 is 1.26 bits per heavy atom. The number of carboxylic acid groups (broad SMARTS) is 1. The van der Waals surface area contributed by atoms with Gasteiger partial charge in [0.05, 0.1) is 12.0 Å². The molecule has 1 aromatic carbocycles. The van der Waals surface area contributed by atoms with Crippen LogP contribution in [0.15, 0.2) is 30.3 Å². The van der Waals surface area contributed by atoms with Gasteiger partial charge in [-0.2, -0.15) is 0 Å². The van der Waals surface area contributed by atoms with Crippen LogP contribution in [0.3, 0.4) is 0 Å². The molecule has 1 aliphatic rings. The second-order valence-corrected chi connectivity index (χ2v) is 7.59. The van der Waals surface area contributed by atoms with Crippen molar-refractivity contribution in [1.82, 2.24) is 5.32 Å². The lowest BCUT2D eigenvalue weighted by Gasteiger charge is -2.28. The molecule has 5 nitrogen and oxygen atoms in total. The van der Waals surface area contributed by atoms with E-state index in [0.717, 1.165) is 12.0 Å².